The van der Waals surface area contributed by atoms with E-state index in [0.717, 1.165) is 35.9 Å². The number of nitrogens with zero attached hydrogens (tertiary/aromatic N) is 5. The molecule has 1 aliphatic heterocycles. The van der Waals surface area contributed by atoms with Gasteiger partial charge in [0.05, 0.1) is 30.9 Å². The van der Waals surface area contributed by atoms with Gasteiger partial charge in [0.15, 0.2) is 11.6 Å². The number of pyridine rings is 1. The molecule has 0 bridgehead atoms. The van der Waals surface area contributed by atoms with Crippen LogP contribution in [0.4, 0.5) is 17.5 Å². The van der Waals surface area contributed by atoms with Gasteiger partial charge >= 0.3 is 0 Å². The average Bonchev–Trinajstić information content (AvgIpc) is 3.17. The van der Waals surface area contributed by atoms with E-state index in [0.29, 0.717) is 18.2 Å². The lowest BCUT2D eigenvalue weighted by Crippen LogP contribution is -2.35. The molecule has 1 aliphatic rings. The SMILES string of the molecule is Nc1ncc(N2CCC[C@H]2CO)nc1N(N)Cc1ccc2ncccc2c1. The maximum atomic E-state index is 9.56. The van der Waals surface area contributed by atoms with Gasteiger partial charge in [-0.15, -0.1) is 0 Å². The second-order valence-electron chi connectivity index (χ2n) is 6.77. The third-order valence-electron chi connectivity index (χ3n) is 4.94. The maximum absolute atomic E-state index is 9.56. The van der Waals surface area contributed by atoms with Crippen LogP contribution in [-0.2, 0) is 6.54 Å². The molecular weight excluding hydrogens is 342 g/mol. The fourth-order valence-electron chi connectivity index (χ4n) is 3.55. The van der Waals surface area contributed by atoms with Crippen molar-refractivity contribution in [2.24, 2.45) is 5.84 Å². The van der Waals surface area contributed by atoms with Crippen LogP contribution < -0.4 is 21.5 Å². The van der Waals surface area contributed by atoms with Gasteiger partial charge in [0.2, 0.25) is 0 Å². The summed E-state index contributed by atoms with van der Waals surface area (Å²) in [5.41, 5.74) is 7.99. The van der Waals surface area contributed by atoms with Crippen molar-refractivity contribution in [3.63, 3.8) is 0 Å². The Balaban J connectivity index is 1.58. The number of aliphatic hydroxyl groups is 1. The number of benzene rings is 1. The number of hydrazine groups is 1. The number of hydrogen-bond acceptors (Lipinski definition) is 8. The zero-order chi connectivity index (χ0) is 18.8. The maximum Gasteiger partial charge on any atom is 0.188 e. The van der Waals surface area contributed by atoms with Crippen LogP contribution in [-0.4, -0.2) is 39.3 Å². The van der Waals surface area contributed by atoms with Crippen LogP contribution in [0, 0.1) is 0 Å². The highest BCUT2D eigenvalue weighted by atomic mass is 16.3. The van der Waals surface area contributed by atoms with E-state index in [1.807, 2.05) is 24.3 Å². The topological polar surface area (TPSA) is 117 Å². The van der Waals surface area contributed by atoms with E-state index < -0.39 is 0 Å². The highest BCUT2D eigenvalue weighted by Crippen LogP contribution is 2.27. The van der Waals surface area contributed by atoms with E-state index in [4.69, 9.17) is 11.6 Å². The summed E-state index contributed by atoms with van der Waals surface area (Å²) >= 11 is 0. The Morgan fingerprint density at radius 1 is 1.26 bits per heavy atom. The fourth-order valence-corrected chi connectivity index (χ4v) is 3.55. The van der Waals surface area contributed by atoms with E-state index in [2.05, 4.69) is 25.9 Å². The molecule has 1 saturated heterocycles. The summed E-state index contributed by atoms with van der Waals surface area (Å²) < 4.78 is 0. The first kappa shape index (κ1) is 17.4. The van der Waals surface area contributed by atoms with Crippen molar-refractivity contribution in [3.8, 4) is 0 Å². The molecule has 0 amide bonds. The minimum Gasteiger partial charge on any atom is -0.394 e. The molecule has 0 unspecified atom stereocenters. The summed E-state index contributed by atoms with van der Waals surface area (Å²) in [5.74, 6) is 7.68. The number of rotatable bonds is 5. The Morgan fingerprint density at radius 2 is 2.15 bits per heavy atom. The quantitative estimate of drug-likeness (QED) is 0.459. The van der Waals surface area contributed by atoms with Crippen molar-refractivity contribution in [1.29, 1.82) is 0 Å². The normalized spacial score (nSPS) is 16.8. The third kappa shape index (κ3) is 3.49. The zero-order valence-corrected chi connectivity index (χ0v) is 15.0. The Bertz CT molecular complexity index is 948. The van der Waals surface area contributed by atoms with Crippen LogP contribution in [0.2, 0.25) is 0 Å². The highest BCUT2D eigenvalue weighted by molar-refractivity contribution is 5.79. The van der Waals surface area contributed by atoms with Crippen molar-refractivity contribution in [2.45, 2.75) is 25.4 Å². The van der Waals surface area contributed by atoms with Gasteiger partial charge in [-0.25, -0.2) is 15.8 Å². The predicted molar refractivity (Wildman–Crippen MR) is 106 cm³/mol. The summed E-state index contributed by atoms with van der Waals surface area (Å²) in [5, 5.41) is 12.1. The van der Waals surface area contributed by atoms with Crippen molar-refractivity contribution in [3.05, 3.63) is 48.3 Å². The Morgan fingerprint density at radius 3 is 3.00 bits per heavy atom. The van der Waals surface area contributed by atoms with Crippen LogP contribution in [0.3, 0.4) is 0 Å². The van der Waals surface area contributed by atoms with Crippen LogP contribution in [0.15, 0.2) is 42.7 Å². The second kappa shape index (κ2) is 7.34. The molecule has 3 heterocycles. The number of aliphatic hydroxyl groups excluding tert-OH is 1. The van der Waals surface area contributed by atoms with Gasteiger partial charge in [-0.1, -0.05) is 12.1 Å². The van der Waals surface area contributed by atoms with E-state index in [9.17, 15) is 5.11 Å². The van der Waals surface area contributed by atoms with Crippen molar-refractivity contribution < 1.29 is 5.11 Å². The molecule has 0 aliphatic carbocycles. The van der Waals surface area contributed by atoms with Crippen molar-refractivity contribution >= 4 is 28.4 Å². The molecule has 1 aromatic carbocycles. The molecule has 27 heavy (non-hydrogen) atoms. The Hall–Kier alpha value is -2.97. The largest absolute Gasteiger partial charge is 0.394 e. The number of aromatic nitrogens is 3. The predicted octanol–water partition coefficient (Wildman–Crippen LogP) is 1.45. The molecular formula is C19H23N7O. The van der Waals surface area contributed by atoms with Gasteiger partial charge in [-0.05, 0) is 36.6 Å². The minimum absolute atomic E-state index is 0.0648. The summed E-state index contributed by atoms with van der Waals surface area (Å²) in [6.45, 7) is 1.38. The van der Waals surface area contributed by atoms with E-state index in [1.165, 1.54) is 5.01 Å². The van der Waals surface area contributed by atoms with E-state index >= 15 is 0 Å². The van der Waals surface area contributed by atoms with Gasteiger partial charge in [0, 0.05) is 18.1 Å². The summed E-state index contributed by atoms with van der Waals surface area (Å²) in [6.07, 6.45) is 5.37. The average molecular weight is 365 g/mol. The van der Waals surface area contributed by atoms with Crippen LogP contribution in [0.5, 0.6) is 0 Å². The number of nitrogens with two attached hydrogens (primary N) is 2. The van der Waals surface area contributed by atoms with Crippen molar-refractivity contribution in [2.75, 3.05) is 28.8 Å². The lowest BCUT2D eigenvalue weighted by molar-refractivity contribution is 0.266. The molecule has 2 aromatic heterocycles. The molecule has 1 fully saturated rings. The zero-order valence-electron chi connectivity index (χ0n) is 15.0. The van der Waals surface area contributed by atoms with Crippen LogP contribution >= 0.6 is 0 Å². The van der Waals surface area contributed by atoms with Crippen LogP contribution in [0.25, 0.3) is 10.9 Å². The molecule has 0 radical (unpaired) electrons. The number of fused-ring (bicyclic) bond motifs is 1. The standard InChI is InChI=1S/C19H23N7O/c20-18-19(24-17(10-23-18)25-8-2-4-15(25)12-27)26(21)11-13-5-6-16-14(9-13)3-1-7-22-16/h1,3,5-7,9-10,15,27H,2,4,8,11-12,21H2,(H2,20,23)/t15-/m0/s1. The lowest BCUT2D eigenvalue weighted by atomic mass is 10.1. The highest BCUT2D eigenvalue weighted by Gasteiger charge is 2.26. The van der Waals surface area contributed by atoms with Gasteiger partial charge in [-0.2, -0.15) is 0 Å². The molecule has 1 atom stereocenters. The van der Waals surface area contributed by atoms with Gasteiger partial charge in [0.1, 0.15) is 5.82 Å². The first-order chi connectivity index (χ1) is 13.2. The number of anilines is 3. The summed E-state index contributed by atoms with van der Waals surface area (Å²) in [7, 11) is 0. The van der Waals surface area contributed by atoms with E-state index in [-0.39, 0.29) is 18.5 Å². The second-order valence-corrected chi connectivity index (χ2v) is 6.77. The smallest absolute Gasteiger partial charge is 0.188 e. The number of hydrogen-bond donors (Lipinski definition) is 3. The molecule has 8 nitrogen and oxygen atoms in total. The van der Waals surface area contributed by atoms with Crippen LogP contribution in [0.1, 0.15) is 18.4 Å². The molecule has 3 aromatic rings. The summed E-state index contributed by atoms with van der Waals surface area (Å²) in [4.78, 5) is 15.3. The Labute approximate surface area is 157 Å². The molecule has 0 saturated carbocycles. The van der Waals surface area contributed by atoms with Gasteiger partial charge in [-0.3, -0.25) is 9.99 Å². The van der Waals surface area contributed by atoms with Gasteiger partial charge < -0.3 is 15.7 Å². The van der Waals surface area contributed by atoms with E-state index in [1.54, 1.807) is 12.4 Å². The van der Waals surface area contributed by atoms with Gasteiger partial charge in [0.25, 0.3) is 0 Å². The lowest BCUT2D eigenvalue weighted by Gasteiger charge is -2.26. The minimum atomic E-state index is 0.0648. The Kier molecular flexibility index (Phi) is 4.74. The third-order valence-corrected chi connectivity index (χ3v) is 4.94. The van der Waals surface area contributed by atoms with Crippen molar-refractivity contribution in [1.82, 2.24) is 15.0 Å². The molecule has 4 rings (SSSR count). The first-order valence-electron chi connectivity index (χ1n) is 9.01. The first-order valence-corrected chi connectivity index (χ1v) is 9.01. The number of nitrogen functional groups attached to an aromatic ring is 1. The molecule has 5 N–H and O–H groups in total. The molecule has 140 valence electrons. The fraction of sp³-hybridized carbons (Fsp3) is 0.316. The monoisotopic (exact) mass is 365 g/mol. The summed E-state index contributed by atoms with van der Waals surface area (Å²) in [6, 6.07) is 10.0. The molecule has 0 spiro atoms. The molecule has 8 heteroatoms.